The minimum Gasteiger partial charge on any atom is -0.355 e. The molecule has 0 unspecified atom stereocenters. The molecular formula is C15H12BrIN2O2. The van der Waals surface area contributed by atoms with E-state index in [1.165, 1.54) is 0 Å². The van der Waals surface area contributed by atoms with Crippen molar-refractivity contribution >= 4 is 56.0 Å². The number of halogens is 2. The molecule has 0 saturated carbocycles. The molecule has 4 nitrogen and oxygen atoms in total. The van der Waals surface area contributed by atoms with Gasteiger partial charge in [0.15, 0.2) is 0 Å². The highest BCUT2D eigenvalue weighted by molar-refractivity contribution is 14.1. The number of carbonyl (C=O) groups excluding carboxylic acids is 2. The van der Waals surface area contributed by atoms with Gasteiger partial charge in [0.05, 0.1) is 5.56 Å². The molecule has 0 aliphatic rings. The van der Waals surface area contributed by atoms with Crippen LogP contribution in [0.2, 0.25) is 0 Å². The highest BCUT2D eigenvalue weighted by atomic mass is 127. The number of amides is 2. The third-order valence-corrected chi connectivity index (χ3v) is 4.17. The molecule has 0 saturated heterocycles. The maximum Gasteiger partial charge on any atom is 0.256 e. The van der Waals surface area contributed by atoms with Crippen molar-refractivity contribution in [2.24, 2.45) is 0 Å². The van der Waals surface area contributed by atoms with E-state index in [-0.39, 0.29) is 11.8 Å². The zero-order valence-corrected chi connectivity index (χ0v) is 14.9. The molecule has 6 heteroatoms. The van der Waals surface area contributed by atoms with Crippen LogP contribution in [0, 0.1) is 3.57 Å². The molecular weight excluding hydrogens is 447 g/mol. The lowest BCUT2D eigenvalue weighted by atomic mass is 10.1. The standard InChI is InChI=1S/C15H12BrIN2O2/c1-18-14(20)9-2-5-11(6-3-9)19-15(21)12-8-10(17)4-7-13(12)16/h2-8H,1H3,(H,18,20)(H,19,21). The van der Waals surface area contributed by atoms with E-state index < -0.39 is 0 Å². The molecule has 0 atom stereocenters. The monoisotopic (exact) mass is 458 g/mol. The third-order valence-electron chi connectivity index (χ3n) is 2.81. The van der Waals surface area contributed by atoms with Crippen LogP contribution in [0.3, 0.4) is 0 Å². The minimum atomic E-state index is -0.201. The van der Waals surface area contributed by atoms with E-state index in [1.54, 1.807) is 37.4 Å². The highest BCUT2D eigenvalue weighted by Gasteiger charge is 2.11. The SMILES string of the molecule is CNC(=O)c1ccc(NC(=O)c2cc(I)ccc2Br)cc1. The van der Waals surface area contributed by atoms with Gasteiger partial charge in [0, 0.05) is 26.3 Å². The lowest BCUT2D eigenvalue weighted by Gasteiger charge is -2.08. The van der Waals surface area contributed by atoms with Gasteiger partial charge in [-0.25, -0.2) is 0 Å². The van der Waals surface area contributed by atoms with Gasteiger partial charge in [0.1, 0.15) is 0 Å². The topological polar surface area (TPSA) is 58.2 Å². The van der Waals surface area contributed by atoms with Crippen LogP contribution in [0.5, 0.6) is 0 Å². The van der Waals surface area contributed by atoms with Gasteiger partial charge in [0.25, 0.3) is 11.8 Å². The molecule has 21 heavy (non-hydrogen) atoms. The number of nitrogens with one attached hydrogen (secondary N) is 2. The maximum atomic E-state index is 12.2. The van der Waals surface area contributed by atoms with Gasteiger partial charge >= 0.3 is 0 Å². The summed E-state index contributed by atoms with van der Waals surface area (Å²) < 4.78 is 1.72. The molecule has 2 aromatic rings. The molecule has 0 aliphatic heterocycles. The lowest BCUT2D eigenvalue weighted by Crippen LogP contribution is -2.18. The van der Waals surface area contributed by atoms with E-state index in [0.717, 1.165) is 8.04 Å². The van der Waals surface area contributed by atoms with Gasteiger partial charge in [-0.3, -0.25) is 9.59 Å². The Hall–Kier alpha value is -1.41. The van der Waals surface area contributed by atoms with Crippen LogP contribution in [0.25, 0.3) is 0 Å². The summed E-state index contributed by atoms with van der Waals surface area (Å²) in [6.45, 7) is 0. The molecule has 0 radical (unpaired) electrons. The zero-order valence-electron chi connectivity index (χ0n) is 11.1. The van der Waals surface area contributed by atoms with Crippen molar-refractivity contribution in [2.75, 3.05) is 12.4 Å². The van der Waals surface area contributed by atoms with E-state index in [2.05, 4.69) is 49.2 Å². The lowest BCUT2D eigenvalue weighted by molar-refractivity contribution is 0.0962. The fraction of sp³-hybridized carbons (Fsp3) is 0.0667. The van der Waals surface area contributed by atoms with Crippen LogP contribution < -0.4 is 10.6 Å². The summed E-state index contributed by atoms with van der Waals surface area (Å²) in [6.07, 6.45) is 0. The Balaban J connectivity index is 2.16. The van der Waals surface area contributed by atoms with Gasteiger partial charge < -0.3 is 10.6 Å². The summed E-state index contributed by atoms with van der Waals surface area (Å²) in [4.78, 5) is 23.7. The summed E-state index contributed by atoms with van der Waals surface area (Å²) in [6, 6.07) is 12.3. The van der Waals surface area contributed by atoms with Gasteiger partial charge in [0.2, 0.25) is 0 Å². The normalized spacial score (nSPS) is 10.0. The number of hydrogen-bond donors (Lipinski definition) is 2. The Kier molecular flexibility index (Phi) is 5.35. The van der Waals surface area contributed by atoms with Gasteiger partial charge in [-0.05, 0) is 81.0 Å². The summed E-state index contributed by atoms with van der Waals surface area (Å²) in [5, 5.41) is 5.35. The maximum absolute atomic E-state index is 12.2. The first-order valence-corrected chi connectivity index (χ1v) is 7.97. The van der Waals surface area contributed by atoms with E-state index in [0.29, 0.717) is 16.8 Å². The van der Waals surface area contributed by atoms with Crippen LogP contribution >= 0.6 is 38.5 Å². The Morgan fingerprint density at radius 2 is 1.71 bits per heavy atom. The van der Waals surface area contributed by atoms with Crippen molar-refractivity contribution in [3.63, 3.8) is 0 Å². The summed E-state index contributed by atoms with van der Waals surface area (Å²) in [5.41, 5.74) is 1.75. The molecule has 0 bridgehead atoms. The Morgan fingerprint density at radius 1 is 1.05 bits per heavy atom. The second-order valence-corrected chi connectivity index (χ2v) is 6.33. The van der Waals surface area contributed by atoms with Crippen molar-refractivity contribution < 1.29 is 9.59 Å². The Morgan fingerprint density at radius 3 is 2.33 bits per heavy atom. The minimum absolute atomic E-state index is 0.159. The Labute approximate surface area is 144 Å². The van der Waals surface area contributed by atoms with Gasteiger partial charge in [-0.2, -0.15) is 0 Å². The van der Waals surface area contributed by atoms with E-state index in [1.807, 2.05) is 12.1 Å². The van der Waals surface area contributed by atoms with Crippen LogP contribution in [0.15, 0.2) is 46.9 Å². The highest BCUT2D eigenvalue weighted by Crippen LogP contribution is 2.21. The first-order valence-electron chi connectivity index (χ1n) is 6.10. The van der Waals surface area contributed by atoms with Crippen molar-refractivity contribution in [3.8, 4) is 0 Å². The average Bonchev–Trinajstić information content (AvgIpc) is 2.49. The average molecular weight is 459 g/mol. The molecule has 2 rings (SSSR count). The number of anilines is 1. The van der Waals surface area contributed by atoms with Crippen molar-refractivity contribution in [2.45, 2.75) is 0 Å². The van der Waals surface area contributed by atoms with E-state index in [4.69, 9.17) is 0 Å². The molecule has 0 heterocycles. The number of rotatable bonds is 3. The molecule has 108 valence electrons. The number of carbonyl (C=O) groups is 2. The molecule has 0 fully saturated rings. The molecule has 2 N–H and O–H groups in total. The molecule has 0 aliphatic carbocycles. The first-order chi connectivity index (χ1) is 10.0. The molecule has 0 spiro atoms. The van der Waals surface area contributed by atoms with Crippen molar-refractivity contribution in [1.82, 2.24) is 5.32 Å². The number of benzene rings is 2. The van der Waals surface area contributed by atoms with Gasteiger partial charge in [-0.1, -0.05) is 0 Å². The predicted octanol–water partition coefficient (Wildman–Crippen LogP) is 3.67. The van der Waals surface area contributed by atoms with E-state index >= 15 is 0 Å². The van der Waals surface area contributed by atoms with Crippen LogP contribution in [-0.2, 0) is 0 Å². The second kappa shape index (κ2) is 7.04. The Bertz CT molecular complexity index is 687. The smallest absolute Gasteiger partial charge is 0.256 e. The third kappa shape index (κ3) is 4.04. The molecule has 0 aromatic heterocycles. The summed E-state index contributed by atoms with van der Waals surface area (Å²) in [7, 11) is 1.58. The van der Waals surface area contributed by atoms with E-state index in [9.17, 15) is 9.59 Å². The van der Waals surface area contributed by atoms with Crippen LogP contribution in [0.1, 0.15) is 20.7 Å². The van der Waals surface area contributed by atoms with Crippen LogP contribution in [0.4, 0.5) is 5.69 Å². The van der Waals surface area contributed by atoms with Gasteiger partial charge in [-0.15, -0.1) is 0 Å². The second-order valence-electron chi connectivity index (χ2n) is 4.23. The first kappa shape index (κ1) is 16.0. The molecule has 2 aromatic carbocycles. The van der Waals surface area contributed by atoms with Crippen molar-refractivity contribution in [1.29, 1.82) is 0 Å². The van der Waals surface area contributed by atoms with Crippen LogP contribution in [-0.4, -0.2) is 18.9 Å². The fourth-order valence-electron chi connectivity index (χ4n) is 1.72. The summed E-state index contributed by atoms with van der Waals surface area (Å²) in [5.74, 6) is -0.360. The largest absolute Gasteiger partial charge is 0.355 e. The summed E-state index contributed by atoms with van der Waals surface area (Å²) >= 11 is 5.52. The number of hydrogen-bond acceptors (Lipinski definition) is 2. The fourth-order valence-corrected chi connectivity index (χ4v) is 2.64. The quantitative estimate of drug-likeness (QED) is 0.689. The predicted molar refractivity (Wildman–Crippen MR) is 94.6 cm³/mol. The zero-order chi connectivity index (χ0) is 15.4. The molecule has 2 amide bonds. The van der Waals surface area contributed by atoms with Crippen molar-refractivity contribution in [3.05, 3.63) is 61.6 Å².